The molecule has 1 heterocycles. The fourth-order valence-corrected chi connectivity index (χ4v) is 3.27. The maximum absolute atomic E-state index is 12.3. The van der Waals surface area contributed by atoms with E-state index in [1.165, 1.54) is 11.8 Å². The molecular formula is C19H22BrN5OS. The maximum Gasteiger partial charge on any atom is 0.231 e. The number of hydrogen-bond acceptors (Lipinski definition) is 5. The first kappa shape index (κ1) is 21.2. The van der Waals surface area contributed by atoms with E-state index in [2.05, 4.69) is 44.1 Å². The van der Waals surface area contributed by atoms with Gasteiger partial charge in [0, 0.05) is 16.6 Å². The molecular weight excluding hydrogens is 426 g/mol. The Morgan fingerprint density at radius 2 is 2.11 bits per heavy atom. The van der Waals surface area contributed by atoms with Crippen LogP contribution in [0.4, 0.5) is 0 Å². The first-order chi connectivity index (χ1) is 12.8. The van der Waals surface area contributed by atoms with E-state index in [1.807, 2.05) is 42.7 Å². The van der Waals surface area contributed by atoms with Crippen LogP contribution >= 0.6 is 27.7 Å². The Hall–Kier alpha value is -2.11. The standard InChI is InChI=1S/C19H22BrN5OS/c1-5-10-25-17(14-6-8-15(20)9-7-14)23-24-18(25)27-11-16(26)22-19(4,12-21)13(2)3/h5-9,13H,1,10-11H2,2-4H3,(H,22,26). The van der Waals surface area contributed by atoms with Crippen molar-refractivity contribution in [3.05, 3.63) is 41.4 Å². The number of thioether (sulfide) groups is 1. The lowest BCUT2D eigenvalue weighted by atomic mass is 9.90. The van der Waals surface area contributed by atoms with Gasteiger partial charge in [0.05, 0.1) is 11.8 Å². The van der Waals surface area contributed by atoms with Crippen LogP contribution in [-0.2, 0) is 11.3 Å². The van der Waals surface area contributed by atoms with Crippen molar-refractivity contribution < 1.29 is 4.79 Å². The molecule has 0 radical (unpaired) electrons. The number of nitrogens with one attached hydrogen (secondary N) is 1. The molecule has 0 saturated carbocycles. The monoisotopic (exact) mass is 447 g/mol. The molecule has 0 saturated heterocycles. The molecule has 1 amide bonds. The minimum absolute atomic E-state index is 0.00451. The lowest BCUT2D eigenvalue weighted by Crippen LogP contribution is -2.49. The van der Waals surface area contributed by atoms with Crippen molar-refractivity contribution in [3.8, 4) is 17.5 Å². The predicted octanol–water partition coefficient (Wildman–Crippen LogP) is 4.04. The predicted molar refractivity (Wildman–Crippen MR) is 111 cm³/mol. The molecule has 27 heavy (non-hydrogen) atoms. The fourth-order valence-electron chi connectivity index (χ4n) is 2.26. The SMILES string of the molecule is C=CCn1c(SCC(=O)NC(C)(C#N)C(C)C)nnc1-c1ccc(Br)cc1. The molecule has 1 aromatic carbocycles. The second-order valence-corrected chi connectivity index (χ2v) is 8.38. The summed E-state index contributed by atoms with van der Waals surface area (Å²) in [6.07, 6.45) is 1.77. The van der Waals surface area contributed by atoms with Gasteiger partial charge in [0.25, 0.3) is 0 Å². The number of benzene rings is 1. The number of rotatable bonds is 8. The zero-order chi connectivity index (χ0) is 20.0. The van der Waals surface area contributed by atoms with Crippen LogP contribution in [0, 0.1) is 17.2 Å². The summed E-state index contributed by atoms with van der Waals surface area (Å²) in [6, 6.07) is 9.97. The van der Waals surface area contributed by atoms with E-state index in [0.717, 1.165) is 10.0 Å². The van der Waals surface area contributed by atoms with Crippen molar-refractivity contribution in [2.75, 3.05) is 5.75 Å². The number of halogens is 1. The maximum atomic E-state index is 12.3. The molecule has 2 rings (SSSR count). The third-order valence-corrected chi connectivity index (χ3v) is 5.74. The highest BCUT2D eigenvalue weighted by atomic mass is 79.9. The lowest BCUT2D eigenvalue weighted by Gasteiger charge is -2.27. The molecule has 1 atom stereocenters. The smallest absolute Gasteiger partial charge is 0.231 e. The molecule has 142 valence electrons. The first-order valence-corrected chi connectivity index (χ1v) is 10.2. The number of nitriles is 1. The van der Waals surface area contributed by atoms with Crippen LogP contribution in [-0.4, -0.2) is 32.0 Å². The molecule has 0 aliphatic rings. The zero-order valence-electron chi connectivity index (χ0n) is 15.6. The first-order valence-electron chi connectivity index (χ1n) is 8.45. The molecule has 1 N–H and O–H groups in total. The van der Waals surface area contributed by atoms with Crippen molar-refractivity contribution >= 4 is 33.6 Å². The van der Waals surface area contributed by atoms with Crippen molar-refractivity contribution in [1.82, 2.24) is 20.1 Å². The molecule has 1 unspecified atom stereocenters. The van der Waals surface area contributed by atoms with E-state index in [4.69, 9.17) is 0 Å². The van der Waals surface area contributed by atoms with Gasteiger partial charge in [-0.15, -0.1) is 16.8 Å². The number of nitrogens with zero attached hydrogens (tertiary/aromatic N) is 4. The summed E-state index contributed by atoms with van der Waals surface area (Å²) in [5.41, 5.74) is 0.0374. The fraction of sp³-hybridized carbons (Fsp3) is 0.368. The Morgan fingerprint density at radius 1 is 1.44 bits per heavy atom. The Balaban J connectivity index is 2.15. The van der Waals surface area contributed by atoms with Crippen LogP contribution in [0.25, 0.3) is 11.4 Å². The van der Waals surface area contributed by atoms with Crippen molar-refractivity contribution in [3.63, 3.8) is 0 Å². The van der Waals surface area contributed by atoms with Crippen LogP contribution in [0.3, 0.4) is 0 Å². The summed E-state index contributed by atoms with van der Waals surface area (Å²) in [7, 11) is 0. The average molecular weight is 448 g/mol. The molecule has 0 aliphatic heterocycles. The van der Waals surface area contributed by atoms with Gasteiger partial charge in [0.1, 0.15) is 5.54 Å². The molecule has 0 spiro atoms. The quantitative estimate of drug-likeness (QED) is 0.487. The van der Waals surface area contributed by atoms with Gasteiger partial charge in [-0.1, -0.05) is 59.7 Å². The molecule has 8 heteroatoms. The Bertz CT molecular complexity index is 856. The van der Waals surface area contributed by atoms with Crippen molar-refractivity contribution in [1.29, 1.82) is 5.26 Å². The minimum Gasteiger partial charge on any atom is -0.337 e. The lowest BCUT2D eigenvalue weighted by molar-refractivity contribution is -0.120. The normalized spacial score (nSPS) is 13.0. The minimum atomic E-state index is -0.894. The molecule has 0 aliphatic carbocycles. The van der Waals surface area contributed by atoms with Crippen LogP contribution < -0.4 is 5.32 Å². The van der Waals surface area contributed by atoms with E-state index in [1.54, 1.807) is 13.0 Å². The Kier molecular flexibility index (Phi) is 7.22. The van der Waals surface area contributed by atoms with E-state index >= 15 is 0 Å². The number of carbonyl (C=O) groups excluding carboxylic acids is 1. The second-order valence-electron chi connectivity index (χ2n) is 6.52. The molecule has 6 nitrogen and oxygen atoms in total. The Labute approximate surface area is 172 Å². The number of amides is 1. The third kappa shape index (κ3) is 5.21. The number of aromatic nitrogens is 3. The van der Waals surface area contributed by atoms with E-state index in [-0.39, 0.29) is 17.6 Å². The third-order valence-electron chi connectivity index (χ3n) is 4.25. The summed E-state index contributed by atoms with van der Waals surface area (Å²) < 4.78 is 2.90. The highest BCUT2D eigenvalue weighted by Crippen LogP contribution is 2.25. The van der Waals surface area contributed by atoms with Crippen LogP contribution in [0.5, 0.6) is 0 Å². The molecule has 2 aromatic rings. The van der Waals surface area contributed by atoms with Gasteiger partial charge < -0.3 is 5.32 Å². The van der Waals surface area contributed by atoms with Crippen LogP contribution in [0.2, 0.25) is 0 Å². The highest BCUT2D eigenvalue weighted by molar-refractivity contribution is 9.10. The summed E-state index contributed by atoms with van der Waals surface area (Å²) in [5.74, 6) is 0.662. The number of allylic oxidation sites excluding steroid dienone is 1. The van der Waals surface area contributed by atoms with E-state index in [0.29, 0.717) is 17.5 Å². The van der Waals surface area contributed by atoms with E-state index in [9.17, 15) is 10.1 Å². The van der Waals surface area contributed by atoms with Gasteiger partial charge in [0.2, 0.25) is 5.91 Å². The largest absolute Gasteiger partial charge is 0.337 e. The van der Waals surface area contributed by atoms with Crippen LogP contribution in [0.1, 0.15) is 20.8 Å². The number of carbonyl (C=O) groups is 1. The molecule has 0 fully saturated rings. The molecule has 0 bridgehead atoms. The average Bonchev–Trinajstić information content (AvgIpc) is 3.03. The van der Waals surface area contributed by atoms with Crippen molar-refractivity contribution in [2.24, 2.45) is 5.92 Å². The number of hydrogen-bond donors (Lipinski definition) is 1. The van der Waals surface area contributed by atoms with Gasteiger partial charge in [-0.05, 0) is 25.0 Å². The van der Waals surface area contributed by atoms with Gasteiger partial charge >= 0.3 is 0 Å². The summed E-state index contributed by atoms with van der Waals surface area (Å²) in [4.78, 5) is 12.3. The van der Waals surface area contributed by atoms with E-state index < -0.39 is 5.54 Å². The summed E-state index contributed by atoms with van der Waals surface area (Å²) in [5, 5.41) is 21.3. The highest BCUT2D eigenvalue weighted by Gasteiger charge is 2.30. The summed E-state index contributed by atoms with van der Waals surface area (Å²) >= 11 is 4.71. The molecule has 1 aromatic heterocycles. The van der Waals surface area contributed by atoms with Gasteiger partial charge in [0.15, 0.2) is 11.0 Å². The van der Waals surface area contributed by atoms with Gasteiger partial charge in [-0.3, -0.25) is 9.36 Å². The van der Waals surface area contributed by atoms with Crippen LogP contribution in [0.15, 0.2) is 46.5 Å². The Morgan fingerprint density at radius 3 is 2.67 bits per heavy atom. The van der Waals surface area contributed by atoms with Gasteiger partial charge in [-0.2, -0.15) is 5.26 Å². The zero-order valence-corrected chi connectivity index (χ0v) is 18.0. The van der Waals surface area contributed by atoms with Gasteiger partial charge in [-0.25, -0.2) is 0 Å². The summed E-state index contributed by atoms with van der Waals surface area (Å²) in [6.45, 7) is 9.86. The second kappa shape index (κ2) is 9.20. The van der Waals surface area contributed by atoms with Crippen molar-refractivity contribution in [2.45, 2.75) is 38.0 Å². The topological polar surface area (TPSA) is 83.6 Å².